The molecule has 0 amide bonds. The Kier molecular flexibility index (Phi) is 2.63. The van der Waals surface area contributed by atoms with E-state index >= 15 is 0 Å². The number of hydrogen-bond donors (Lipinski definition) is 2. The van der Waals surface area contributed by atoms with Gasteiger partial charge in [0, 0.05) is 5.02 Å². The smallest absolute Gasteiger partial charge is 0.0851 e. The van der Waals surface area contributed by atoms with E-state index in [4.69, 9.17) is 22.1 Å². The van der Waals surface area contributed by atoms with E-state index in [2.05, 4.69) is 0 Å². The van der Waals surface area contributed by atoms with Crippen LogP contribution in [0, 0.1) is 5.41 Å². The van der Waals surface area contributed by atoms with Crippen LogP contribution in [0.5, 0.6) is 0 Å². The van der Waals surface area contributed by atoms with E-state index in [0.717, 1.165) is 0 Å². The minimum absolute atomic E-state index is 0.210. The largest absolute Gasteiger partial charge is 0.390 e. The van der Waals surface area contributed by atoms with Gasteiger partial charge in [-0.05, 0) is 17.7 Å². The van der Waals surface area contributed by atoms with Crippen molar-refractivity contribution in [1.29, 1.82) is 5.41 Å². The minimum atomic E-state index is -0.234. The van der Waals surface area contributed by atoms with Crippen molar-refractivity contribution in [2.75, 3.05) is 6.61 Å². The van der Waals surface area contributed by atoms with E-state index in [1.54, 1.807) is 24.3 Å². The summed E-state index contributed by atoms with van der Waals surface area (Å²) in [6, 6.07) is 6.81. The SMILES string of the molecule is N=C(CO)c1ccc(Cl)cc1. The molecule has 2 nitrogen and oxygen atoms in total. The molecule has 1 aromatic carbocycles. The van der Waals surface area contributed by atoms with Gasteiger partial charge in [0.05, 0.1) is 12.3 Å². The highest BCUT2D eigenvalue weighted by Gasteiger charge is 1.97. The van der Waals surface area contributed by atoms with Gasteiger partial charge in [-0.15, -0.1) is 0 Å². The predicted molar refractivity (Wildman–Crippen MR) is 45.4 cm³/mol. The van der Waals surface area contributed by atoms with Gasteiger partial charge in [-0.2, -0.15) is 0 Å². The zero-order valence-electron chi connectivity index (χ0n) is 5.84. The molecule has 0 unspecified atom stereocenters. The average molecular weight is 170 g/mol. The molecule has 0 atom stereocenters. The Morgan fingerprint density at radius 1 is 1.36 bits per heavy atom. The summed E-state index contributed by atoms with van der Waals surface area (Å²) in [6.45, 7) is -0.234. The van der Waals surface area contributed by atoms with Gasteiger partial charge in [-0.1, -0.05) is 23.7 Å². The Balaban J connectivity index is 2.90. The van der Waals surface area contributed by atoms with Crippen LogP contribution in [-0.2, 0) is 0 Å². The lowest BCUT2D eigenvalue weighted by Crippen LogP contribution is -2.03. The molecule has 0 aromatic heterocycles. The molecule has 0 spiro atoms. The van der Waals surface area contributed by atoms with Gasteiger partial charge in [-0.25, -0.2) is 0 Å². The van der Waals surface area contributed by atoms with E-state index in [1.165, 1.54) is 0 Å². The maximum absolute atomic E-state index is 8.60. The van der Waals surface area contributed by atoms with Crippen LogP contribution < -0.4 is 0 Å². The van der Waals surface area contributed by atoms with Gasteiger partial charge in [0.25, 0.3) is 0 Å². The van der Waals surface area contributed by atoms with Crippen LogP contribution in [-0.4, -0.2) is 17.4 Å². The first-order valence-electron chi connectivity index (χ1n) is 3.18. The molecule has 0 radical (unpaired) electrons. The molecule has 3 heteroatoms. The molecule has 1 rings (SSSR count). The Bertz CT molecular complexity index is 255. The van der Waals surface area contributed by atoms with Crippen molar-refractivity contribution < 1.29 is 5.11 Å². The van der Waals surface area contributed by atoms with Gasteiger partial charge in [-0.3, -0.25) is 0 Å². The van der Waals surface area contributed by atoms with Crippen molar-refractivity contribution in [3.8, 4) is 0 Å². The number of halogens is 1. The molecule has 0 saturated carbocycles. The van der Waals surface area contributed by atoms with Crippen molar-refractivity contribution in [1.82, 2.24) is 0 Å². The third-order valence-electron chi connectivity index (χ3n) is 1.35. The molecule has 0 bridgehead atoms. The number of rotatable bonds is 2. The van der Waals surface area contributed by atoms with E-state index in [0.29, 0.717) is 10.6 Å². The van der Waals surface area contributed by atoms with Crippen LogP contribution in [0.2, 0.25) is 5.02 Å². The van der Waals surface area contributed by atoms with E-state index < -0.39 is 0 Å². The number of hydrogen-bond acceptors (Lipinski definition) is 2. The number of benzene rings is 1. The first-order valence-corrected chi connectivity index (χ1v) is 3.56. The number of aliphatic hydroxyl groups is 1. The lowest BCUT2D eigenvalue weighted by Gasteiger charge is -1.98. The molecule has 2 N–H and O–H groups in total. The normalized spacial score (nSPS) is 9.64. The summed E-state index contributed by atoms with van der Waals surface area (Å²) in [5.74, 6) is 0. The van der Waals surface area contributed by atoms with Crippen molar-refractivity contribution in [2.45, 2.75) is 0 Å². The molecule has 58 valence electrons. The quantitative estimate of drug-likeness (QED) is 0.651. The topological polar surface area (TPSA) is 44.1 Å². The fourth-order valence-corrected chi connectivity index (χ4v) is 0.868. The van der Waals surface area contributed by atoms with Gasteiger partial charge in [0.2, 0.25) is 0 Å². The number of aliphatic hydroxyl groups excluding tert-OH is 1. The summed E-state index contributed by atoms with van der Waals surface area (Å²) in [5, 5.41) is 16.5. The molecule has 0 aliphatic rings. The molecule has 11 heavy (non-hydrogen) atoms. The van der Waals surface area contributed by atoms with Crippen molar-refractivity contribution in [2.24, 2.45) is 0 Å². The van der Waals surface area contributed by atoms with Crippen LogP contribution >= 0.6 is 11.6 Å². The van der Waals surface area contributed by atoms with Crippen LogP contribution in [0.1, 0.15) is 5.56 Å². The third kappa shape index (κ3) is 2.03. The maximum Gasteiger partial charge on any atom is 0.0851 e. The van der Waals surface area contributed by atoms with Gasteiger partial charge in [0.15, 0.2) is 0 Å². The molecule has 0 fully saturated rings. The van der Waals surface area contributed by atoms with Gasteiger partial charge < -0.3 is 10.5 Å². The van der Waals surface area contributed by atoms with E-state index in [9.17, 15) is 0 Å². The molecule has 1 aromatic rings. The second-order valence-corrected chi connectivity index (χ2v) is 2.58. The zero-order chi connectivity index (χ0) is 8.27. The molecular formula is C8H8ClNO. The Labute approximate surface area is 69.9 Å². The fraction of sp³-hybridized carbons (Fsp3) is 0.125. The lowest BCUT2D eigenvalue weighted by atomic mass is 10.1. The molecule has 0 aliphatic heterocycles. The van der Waals surface area contributed by atoms with E-state index in [1.807, 2.05) is 0 Å². The van der Waals surface area contributed by atoms with Crippen molar-refractivity contribution >= 4 is 17.3 Å². The highest BCUT2D eigenvalue weighted by atomic mass is 35.5. The molecule has 0 heterocycles. The molecule has 0 aliphatic carbocycles. The average Bonchev–Trinajstić information content (AvgIpc) is 2.05. The van der Waals surface area contributed by atoms with Gasteiger partial charge in [0.1, 0.15) is 0 Å². The summed E-state index contributed by atoms with van der Waals surface area (Å²) < 4.78 is 0. The van der Waals surface area contributed by atoms with Crippen molar-refractivity contribution in [3.05, 3.63) is 34.9 Å². The van der Waals surface area contributed by atoms with Crippen LogP contribution in [0.15, 0.2) is 24.3 Å². The Morgan fingerprint density at radius 3 is 2.36 bits per heavy atom. The second-order valence-electron chi connectivity index (χ2n) is 2.14. The highest BCUT2D eigenvalue weighted by Crippen LogP contribution is 2.09. The summed E-state index contributed by atoms with van der Waals surface area (Å²) in [6.07, 6.45) is 0. The standard InChI is InChI=1S/C8H8ClNO/c9-7-3-1-6(2-4-7)8(10)5-11/h1-4,10-11H,5H2. The summed E-state index contributed by atoms with van der Waals surface area (Å²) in [5.41, 5.74) is 0.915. The zero-order valence-corrected chi connectivity index (χ0v) is 6.60. The third-order valence-corrected chi connectivity index (χ3v) is 1.60. The monoisotopic (exact) mass is 169 g/mol. The Morgan fingerprint density at radius 2 is 1.91 bits per heavy atom. The first kappa shape index (κ1) is 8.24. The van der Waals surface area contributed by atoms with Crippen LogP contribution in [0.4, 0.5) is 0 Å². The Hall–Kier alpha value is -0.860. The summed E-state index contributed by atoms with van der Waals surface area (Å²) >= 11 is 5.63. The first-order chi connectivity index (χ1) is 5.24. The highest BCUT2D eigenvalue weighted by molar-refractivity contribution is 6.30. The van der Waals surface area contributed by atoms with E-state index in [-0.39, 0.29) is 12.3 Å². The van der Waals surface area contributed by atoms with Gasteiger partial charge >= 0.3 is 0 Å². The summed E-state index contributed by atoms with van der Waals surface area (Å²) in [7, 11) is 0. The maximum atomic E-state index is 8.60. The molecule has 0 saturated heterocycles. The summed E-state index contributed by atoms with van der Waals surface area (Å²) in [4.78, 5) is 0. The second kappa shape index (κ2) is 3.51. The van der Waals surface area contributed by atoms with Crippen LogP contribution in [0.25, 0.3) is 0 Å². The molecular weight excluding hydrogens is 162 g/mol. The lowest BCUT2D eigenvalue weighted by molar-refractivity contribution is 0.357. The number of nitrogens with one attached hydrogen (secondary N) is 1. The predicted octanol–water partition coefficient (Wildman–Crippen LogP) is 1.70. The van der Waals surface area contributed by atoms with Crippen molar-refractivity contribution in [3.63, 3.8) is 0 Å². The van der Waals surface area contributed by atoms with Crippen LogP contribution in [0.3, 0.4) is 0 Å². The fourth-order valence-electron chi connectivity index (χ4n) is 0.742. The minimum Gasteiger partial charge on any atom is -0.390 e.